The smallest absolute Gasteiger partial charge is 0.265 e. The average Bonchev–Trinajstić information content (AvgIpc) is 2.79. The van der Waals surface area contributed by atoms with Crippen LogP contribution in [0, 0.1) is 6.92 Å². The standard InChI is InChI=1S/C25H24N2O4/c1-18-8-10-19(11-9-18)25(29)26-20-12-13-22-23(16-20)31-17-24(28)27(22)14-5-15-30-21-6-3-2-4-7-21/h2-4,6-13,16H,5,14-15,17H2,1H3,(H,26,29). The van der Waals surface area contributed by atoms with Crippen molar-refractivity contribution in [2.75, 3.05) is 30.0 Å². The number of fused-ring (bicyclic) bond motifs is 1. The van der Waals surface area contributed by atoms with Crippen molar-refractivity contribution in [1.82, 2.24) is 0 Å². The summed E-state index contributed by atoms with van der Waals surface area (Å²) in [6, 6.07) is 22.3. The van der Waals surface area contributed by atoms with E-state index in [1.54, 1.807) is 35.2 Å². The van der Waals surface area contributed by atoms with Crippen molar-refractivity contribution < 1.29 is 19.1 Å². The number of anilines is 2. The van der Waals surface area contributed by atoms with Crippen LogP contribution in [0.2, 0.25) is 0 Å². The lowest BCUT2D eigenvalue weighted by molar-refractivity contribution is -0.121. The molecule has 0 fully saturated rings. The normalized spacial score (nSPS) is 12.7. The van der Waals surface area contributed by atoms with E-state index in [1.165, 1.54) is 0 Å². The van der Waals surface area contributed by atoms with Gasteiger partial charge in [-0.05, 0) is 49.7 Å². The van der Waals surface area contributed by atoms with Crippen LogP contribution in [0.15, 0.2) is 72.8 Å². The monoisotopic (exact) mass is 416 g/mol. The summed E-state index contributed by atoms with van der Waals surface area (Å²) in [5, 5.41) is 2.88. The van der Waals surface area contributed by atoms with Crippen LogP contribution in [-0.2, 0) is 4.79 Å². The highest BCUT2D eigenvalue weighted by Crippen LogP contribution is 2.34. The Kier molecular flexibility index (Phi) is 6.17. The summed E-state index contributed by atoms with van der Waals surface area (Å²) in [6.45, 7) is 2.98. The van der Waals surface area contributed by atoms with Gasteiger partial charge in [-0.25, -0.2) is 0 Å². The molecule has 6 heteroatoms. The number of aryl methyl sites for hydroxylation is 1. The molecule has 1 aliphatic heterocycles. The SMILES string of the molecule is Cc1ccc(C(=O)Nc2ccc3c(c2)OCC(=O)N3CCCOc2ccccc2)cc1. The molecule has 0 aromatic heterocycles. The number of carbonyl (C=O) groups excluding carboxylic acids is 2. The third kappa shape index (κ3) is 5.04. The summed E-state index contributed by atoms with van der Waals surface area (Å²) in [7, 11) is 0. The highest BCUT2D eigenvalue weighted by molar-refractivity contribution is 6.05. The first-order valence-corrected chi connectivity index (χ1v) is 10.2. The van der Waals surface area contributed by atoms with Crippen LogP contribution in [0.5, 0.6) is 11.5 Å². The van der Waals surface area contributed by atoms with E-state index in [0.29, 0.717) is 42.3 Å². The van der Waals surface area contributed by atoms with E-state index >= 15 is 0 Å². The number of benzene rings is 3. The van der Waals surface area contributed by atoms with Crippen LogP contribution in [0.3, 0.4) is 0 Å². The first-order valence-electron chi connectivity index (χ1n) is 10.2. The van der Waals surface area contributed by atoms with Crippen molar-refractivity contribution >= 4 is 23.2 Å². The van der Waals surface area contributed by atoms with Crippen LogP contribution < -0.4 is 19.7 Å². The molecule has 31 heavy (non-hydrogen) atoms. The van der Waals surface area contributed by atoms with Gasteiger partial charge in [-0.2, -0.15) is 0 Å². The maximum atomic E-state index is 12.5. The minimum absolute atomic E-state index is 0.0259. The molecular formula is C25H24N2O4. The predicted molar refractivity (Wildman–Crippen MR) is 120 cm³/mol. The number of rotatable bonds is 7. The molecule has 0 saturated carbocycles. The number of carbonyl (C=O) groups is 2. The van der Waals surface area contributed by atoms with Crippen molar-refractivity contribution in [3.8, 4) is 11.5 Å². The van der Waals surface area contributed by atoms with Crippen molar-refractivity contribution in [1.29, 1.82) is 0 Å². The number of nitrogens with one attached hydrogen (secondary N) is 1. The van der Waals surface area contributed by atoms with Gasteiger partial charge in [-0.15, -0.1) is 0 Å². The molecule has 158 valence electrons. The van der Waals surface area contributed by atoms with E-state index in [4.69, 9.17) is 9.47 Å². The molecule has 0 bridgehead atoms. The molecule has 0 radical (unpaired) electrons. The largest absolute Gasteiger partial charge is 0.494 e. The summed E-state index contributed by atoms with van der Waals surface area (Å²) < 4.78 is 11.3. The lowest BCUT2D eigenvalue weighted by Crippen LogP contribution is -2.39. The molecule has 0 saturated heterocycles. The number of para-hydroxylation sites is 1. The molecule has 0 spiro atoms. The zero-order valence-corrected chi connectivity index (χ0v) is 17.3. The van der Waals surface area contributed by atoms with Gasteiger partial charge in [0.2, 0.25) is 0 Å². The number of hydrogen-bond acceptors (Lipinski definition) is 4. The Labute approximate surface area is 181 Å². The van der Waals surface area contributed by atoms with Gasteiger partial charge in [0.05, 0.1) is 12.3 Å². The highest BCUT2D eigenvalue weighted by atomic mass is 16.5. The molecule has 6 nitrogen and oxygen atoms in total. The van der Waals surface area contributed by atoms with Crippen LogP contribution >= 0.6 is 0 Å². The topological polar surface area (TPSA) is 67.9 Å². The van der Waals surface area contributed by atoms with Gasteiger partial charge in [0, 0.05) is 23.9 Å². The molecule has 4 rings (SSSR count). The Balaban J connectivity index is 1.39. The van der Waals surface area contributed by atoms with Crippen molar-refractivity contribution in [2.45, 2.75) is 13.3 Å². The Hall–Kier alpha value is -3.80. The van der Waals surface area contributed by atoms with Crippen LogP contribution in [0.4, 0.5) is 11.4 Å². The Morgan fingerprint density at radius 1 is 1.06 bits per heavy atom. The van der Waals surface area contributed by atoms with Crippen LogP contribution in [-0.4, -0.2) is 31.6 Å². The number of ether oxygens (including phenoxy) is 2. The lowest BCUT2D eigenvalue weighted by atomic mass is 10.1. The summed E-state index contributed by atoms with van der Waals surface area (Å²) in [5.41, 5.74) is 2.99. The van der Waals surface area contributed by atoms with E-state index in [2.05, 4.69) is 5.32 Å². The Morgan fingerprint density at radius 2 is 1.84 bits per heavy atom. The van der Waals surface area contributed by atoms with E-state index in [-0.39, 0.29) is 18.4 Å². The zero-order valence-electron chi connectivity index (χ0n) is 17.3. The average molecular weight is 416 g/mol. The van der Waals surface area contributed by atoms with E-state index in [9.17, 15) is 9.59 Å². The molecule has 2 amide bonds. The van der Waals surface area contributed by atoms with Crippen LogP contribution in [0.25, 0.3) is 0 Å². The summed E-state index contributed by atoms with van der Waals surface area (Å²) in [4.78, 5) is 26.6. The lowest BCUT2D eigenvalue weighted by Gasteiger charge is -2.29. The molecule has 3 aromatic rings. The van der Waals surface area contributed by atoms with Crippen molar-refractivity contribution in [3.63, 3.8) is 0 Å². The second kappa shape index (κ2) is 9.34. The van der Waals surface area contributed by atoms with E-state index in [1.807, 2.05) is 49.4 Å². The summed E-state index contributed by atoms with van der Waals surface area (Å²) in [5.74, 6) is 1.10. The minimum Gasteiger partial charge on any atom is -0.494 e. The van der Waals surface area contributed by atoms with Crippen molar-refractivity contribution in [3.05, 3.63) is 83.9 Å². The molecule has 1 heterocycles. The van der Waals surface area contributed by atoms with Crippen molar-refractivity contribution in [2.24, 2.45) is 0 Å². The van der Waals surface area contributed by atoms with Gasteiger partial charge in [-0.3, -0.25) is 9.59 Å². The maximum Gasteiger partial charge on any atom is 0.265 e. The Bertz CT molecular complexity index is 1060. The maximum absolute atomic E-state index is 12.5. The molecular weight excluding hydrogens is 392 g/mol. The van der Waals surface area contributed by atoms with Gasteiger partial charge >= 0.3 is 0 Å². The molecule has 1 N–H and O–H groups in total. The fourth-order valence-electron chi connectivity index (χ4n) is 3.36. The first-order chi connectivity index (χ1) is 15.1. The van der Waals surface area contributed by atoms with Gasteiger partial charge in [-0.1, -0.05) is 35.9 Å². The van der Waals surface area contributed by atoms with Gasteiger partial charge in [0.1, 0.15) is 11.5 Å². The molecule has 3 aromatic carbocycles. The Morgan fingerprint density at radius 3 is 2.61 bits per heavy atom. The van der Waals surface area contributed by atoms with Crippen LogP contribution in [0.1, 0.15) is 22.3 Å². The predicted octanol–water partition coefficient (Wildman–Crippen LogP) is 4.44. The summed E-state index contributed by atoms with van der Waals surface area (Å²) >= 11 is 0. The fourth-order valence-corrected chi connectivity index (χ4v) is 3.36. The quantitative estimate of drug-likeness (QED) is 0.578. The third-order valence-electron chi connectivity index (χ3n) is 5.01. The number of nitrogens with zero attached hydrogens (tertiary/aromatic N) is 1. The number of amides is 2. The summed E-state index contributed by atoms with van der Waals surface area (Å²) in [6.07, 6.45) is 0.686. The van der Waals surface area contributed by atoms with Gasteiger partial charge in [0.15, 0.2) is 6.61 Å². The van der Waals surface area contributed by atoms with E-state index < -0.39 is 0 Å². The van der Waals surface area contributed by atoms with E-state index in [0.717, 1.165) is 11.3 Å². The molecule has 0 aliphatic carbocycles. The fraction of sp³-hybridized carbons (Fsp3) is 0.200. The second-order valence-electron chi connectivity index (χ2n) is 7.35. The van der Waals surface area contributed by atoms with Gasteiger partial charge < -0.3 is 19.7 Å². The molecule has 0 unspecified atom stereocenters. The second-order valence-corrected chi connectivity index (χ2v) is 7.35. The first kappa shape index (κ1) is 20.5. The zero-order chi connectivity index (χ0) is 21.6. The molecule has 0 atom stereocenters. The molecule has 1 aliphatic rings. The third-order valence-corrected chi connectivity index (χ3v) is 5.01. The number of hydrogen-bond donors (Lipinski definition) is 1. The highest BCUT2D eigenvalue weighted by Gasteiger charge is 2.25. The van der Waals surface area contributed by atoms with Gasteiger partial charge in [0.25, 0.3) is 11.8 Å². The minimum atomic E-state index is -0.193.